The van der Waals surface area contributed by atoms with Crippen molar-refractivity contribution in [2.24, 2.45) is 0 Å². The second-order valence-electron chi connectivity index (χ2n) is 16.7. The Balaban J connectivity index is 0.000000218. The van der Waals surface area contributed by atoms with Crippen molar-refractivity contribution in [3.8, 4) is 23.0 Å². The van der Waals surface area contributed by atoms with Crippen LogP contribution in [0.1, 0.15) is 24.7 Å². The Labute approximate surface area is 471 Å². The Morgan fingerprint density at radius 2 is 1.10 bits per heavy atom. The molecule has 21 nitrogen and oxygen atoms in total. The average molecular weight is 1160 g/mol. The van der Waals surface area contributed by atoms with Crippen LogP contribution in [0.4, 0.5) is 21.0 Å². The number of nitrogens with zero attached hydrogens (tertiary/aromatic N) is 16. The Morgan fingerprint density at radius 1 is 0.662 bits per heavy atom. The van der Waals surface area contributed by atoms with Crippen molar-refractivity contribution in [3.05, 3.63) is 152 Å². The fraction of sp³-hybridized carbons (Fsp3) is 0.200. The van der Waals surface area contributed by atoms with Gasteiger partial charge in [0.05, 0.1) is 58.7 Å². The lowest BCUT2D eigenvalue weighted by atomic mass is 10.2. The molecule has 0 aliphatic rings. The summed E-state index contributed by atoms with van der Waals surface area (Å²) in [5.41, 5.74) is 4.95. The van der Waals surface area contributed by atoms with Crippen LogP contribution in [-0.4, -0.2) is 122 Å². The van der Waals surface area contributed by atoms with Crippen LogP contribution in [0.2, 0.25) is 20.1 Å². The number of aromatic nitrogens is 12. The molecule has 0 aliphatic heterocycles. The van der Waals surface area contributed by atoms with E-state index in [0.717, 1.165) is 17.2 Å². The van der Waals surface area contributed by atoms with E-state index in [-0.39, 0.29) is 61.5 Å². The molecule has 0 unspecified atom stereocenters. The maximum absolute atomic E-state index is 13.1. The molecule has 0 spiro atoms. The maximum Gasteiger partial charge on any atom is 0.346 e. The first kappa shape index (κ1) is 56.9. The van der Waals surface area contributed by atoms with Gasteiger partial charge in [-0.05, 0) is 98.4 Å². The number of amides is 2. The van der Waals surface area contributed by atoms with Gasteiger partial charge in [-0.1, -0.05) is 63.8 Å². The Hall–Kier alpha value is -7.86. The van der Waals surface area contributed by atoms with E-state index in [9.17, 15) is 9.59 Å². The standard InChI is InChI=1S/C25H21Cl2N9O2.C25H20Cl2N8O2.2ClH/c1-28-9-10-34(3)25(37)36-24-18(5-4-8-30-24)20(32-36)14-35-21-7-6-19(27)23(22(21)31-33-35)38-17-12-15(26)11-16(13-17)29-2;1-4-10-33(3)25(36)35-24-18(6-5-9-29-24)20(31-35)14-34-21-8-7-19(27)23(22(21)30-32-34)37-17-12-15(26)11-16(13-17)28-2;;/h4-8,11-13,28H,9-10,14H2,1,3H3;5-9,11-13H,4,10,14H2,1,3H3;2*1H/p-1. The monoisotopic (exact) mass is 1150 g/mol. The number of hydrogen-bond donors (Lipinski definition) is 1. The van der Waals surface area contributed by atoms with Gasteiger partial charge in [0.2, 0.25) is 0 Å². The lowest BCUT2D eigenvalue weighted by Crippen LogP contribution is -3.00. The lowest BCUT2D eigenvalue weighted by Gasteiger charge is -2.16. The molecule has 6 heterocycles. The van der Waals surface area contributed by atoms with E-state index in [0.29, 0.717) is 107 Å². The number of halogens is 6. The minimum atomic E-state index is -0.290. The summed E-state index contributed by atoms with van der Waals surface area (Å²) in [4.78, 5) is 44.9. The molecule has 27 heteroatoms. The van der Waals surface area contributed by atoms with Crippen molar-refractivity contribution in [2.75, 3.05) is 40.8 Å². The van der Waals surface area contributed by atoms with Gasteiger partial charge in [0, 0.05) is 66.9 Å². The second kappa shape index (κ2) is 24.9. The minimum Gasteiger partial charge on any atom is -1.00 e. The van der Waals surface area contributed by atoms with E-state index in [1.54, 1.807) is 118 Å². The molecule has 0 saturated heterocycles. The number of nitrogens with one attached hydrogen (secondary N) is 1. The van der Waals surface area contributed by atoms with Crippen molar-refractivity contribution in [1.29, 1.82) is 0 Å². The van der Waals surface area contributed by atoms with Crippen LogP contribution < -0.4 is 27.2 Å². The average Bonchev–Trinajstić information content (AvgIpc) is 4.20. The molecule has 0 atom stereocenters. The first-order valence-corrected chi connectivity index (χ1v) is 24.4. The molecule has 0 bridgehead atoms. The van der Waals surface area contributed by atoms with Crippen LogP contribution in [0.3, 0.4) is 0 Å². The fourth-order valence-corrected chi connectivity index (χ4v) is 8.74. The predicted octanol–water partition coefficient (Wildman–Crippen LogP) is 8.60. The van der Waals surface area contributed by atoms with Crippen LogP contribution in [-0.2, 0) is 13.1 Å². The summed E-state index contributed by atoms with van der Waals surface area (Å²) in [7, 11) is 5.28. The molecule has 4 aromatic carbocycles. The molecule has 0 saturated carbocycles. The second-order valence-corrected chi connectivity index (χ2v) is 18.4. The third-order valence-electron chi connectivity index (χ3n) is 11.5. The molecule has 0 aliphatic carbocycles. The van der Waals surface area contributed by atoms with Gasteiger partial charge < -0.3 is 37.0 Å². The highest BCUT2D eigenvalue weighted by Gasteiger charge is 2.24. The highest BCUT2D eigenvalue weighted by atomic mass is 35.5. The minimum absolute atomic E-state index is 0. The quantitative estimate of drug-likeness (QED) is 0.108. The molecule has 1 N–H and O–H groups in total. The molecular formula is C50H42Cl6N17O4-. The summed E-state index contributed by atoms with van der Waals surface area (Å²) >= 11 is 25.2. The van der Waals surface area contributed by atoms with E-state index in [2.05, 4.69) is 55.8 Å². The van der Waals surface area contributed by atoms with Crippen LogP contribution in [0.25, 0.3) is 53.8 Å². The first-order chi connectivity index (χ1) is 36.3. The van der Waals surface area contributed by atoms with E-state index in [1.165, 1.54) is 9.36 Å². The van der Waals surface area contributed by atoms with Crippen LogP contribution in [0.15, 0.2) is 97.3 Å². The number of carbonyl (C=O) groups is 2. The van der Waals surface area contributed by atoms with Gasteiger partial charge in [-0.3, -0.25) is 0 Å². The smallest absolute Gasteiger partial charge is 0.346 e. The first-order valence-electron chi connectivity index (χ1n) is 22.8. The summed E-state index contributed by atoms with van der Waals surface area (Å²) in [6, 6.07) is 23.1. The zero-order valence-electron chi connectivity index (χ0n) is 41.1. The van der Waals surface area contributed by atoms with Gasteiger partial charge in [0.1, 0.15) is 11.5 Å². The zero-order chi connectivity index (χ0) is 52.9. The Bertz CT molecular complexity index is 3900. The van der Waals surface area contributed by atoms with Crippen LogP contribution in [0, 0.1) is 13.1 Å². The number of carbonyl (C=O) groups excluding carboxylic acids is 2. The summed E-state index contributed by atoms with van der Waals surface area (Å²) in [5, 5.41) is 32.2. The number of likely N-dealkylation sites (N-methyl/N-ethyl adjacent to an activating group) is 2. The molecule has 394 valence electrons. The fourth-order valence-electron chi connectivity index (χ4n) is 7.92. The normalized spacial score (nSPS) is 10.8. The highest BCUT2D eigenvalue weighted by Crippen LogP contribution is 2.40. The third kappa shape index (κ3) is 12.1. The van der Waals surface area contributed by atoms with E-state index in [1.807, 2.05) is 26.1 Å². The maximum atomic E-state index is 13.1. The van der Waals surface area contributed by atoms with Crippen molar-refractivity contribution in [1.82, 2.24) is 74.6 Å². The van der Waals surface area contributed by atoms with Crippen LogP contribution >= 0.6 is 58.8 Å². The summed E-state index contributed by atoms with van der Waals surface area (Å²) < 4.78 is 17.9. The SMILES string of the molecule is Cl.[C-]#[N+]c1cc(Cl)cc(Oc2c(Cl)ccc3c2nnn3Cc2nn(C(=O)N(C)CCC)c3ncccc23)c1.[C-]#[N+]c1cc(Cl)cc(Oc2c(Cl)ccc3c2nnn3Cc2nn(C(=O)N(C)CCNC)c3ncccc23)c1.[Cl-]. The van der Waals surface area contributed by atoms with Gasteiger partial charge in [0.25, 0.3) is 0 Å². The highest BCUT2D eigenvalue weighted by molar-refractivity contribution is 6.34. The van der Waals surface area contributed by atoms with Gasteiger partial charge in [-0.25, -0.2) is 38.6 Å². The molecule has 0 fully saturated rings. The Kier molecular flexibility index (Phi) is 18.4. The summed E-state index contributed by atoms with van der Waals surface area (Å²) in [5.74, 6) is 1.28. The van der Waals surface area contributed by atoms with Gasteiger partial charge >= 0.3 is 12.1 Å². The van der Waals surface area contributed by atoms with Gasteiger partial charge in [-0.2, -0.15) is 19.6 Å². The van der Waals surface area contributed by atoms with E-state index < -0.39 is 0 Å². The van der Waals surface area contributed by atoms with E-state index in [4.69, 9.17) is 69.0 Å². The lowest BCUT2D eigenvalue weighted by molar-refractivity contribution is -0.0000225. The van der Waals surface area contributed by atoms with Crippen LogP contribution in [0.5, 0.6) is 23.0 Å². The number of pyridine rings is 2. The zero-order valence-corrected chi connectivity index (χ0v) is 45.7. The summed E-state index contributed by atoms with van der Waals surface area (Å²) in [6.07, 6.45) is 4.08. The number of fused-ring (bicyclic) bond motifs is 4. The van der Waals surface area contributed by atoms with Gasteiger partial charge in [-0.15, -0.1) is 22.6 Å². The third-order valence-corrected chi connectivity index (χ3v) is 12.5. The molecular weight excluding hydrogens is 1120 g/mol. The molecule has 2 amide bonds. The predicted molar refractivity (Wildman–Crippen MR) is 292 cm³/mol. The van der Waals surface area contributed by atoms with Crippen molar-refractivity contribution < 1.29 is 31.5 Å². The number of ether oxygens (including phenoxy) is 2. The number of benzene rings is 4. The van der Waals surface area contributed by atoms with Crippen molar-refractivity contribution in [3.63, 3.8) is 0 Å². The molecule has 77 heavy (non-hydrogen) atoms. The molecule has 10 rings (SSSR count). The largest absolute Gasteiger partial charge is 1.00 e. The topological polar surface area (TPSA) is 203 Å². The molecule has 10 aromatic rings. The van der Waals surface area contributed by atoms with Crippen molar-refractivity contribution >= 4 is 126 Å². The summed E-state index contributed by atoms with van der Waals surface area (Å²) in [6.45, 7) is 18.7. The van der Waals surface area contributed by atoms with Gasteiger partial charge in [0.15, 0.2) is 45.2 Å². The van der Waals surface area contributed by atoms with E-state index >= 15 is 0 Å². The van der Waals surface area contributed by atoms with Crippen molar-refractivity contribution in [2.45, 2.75) is 26.4 Å². The number of rotatable bonds is 13. The molecule has 0 radical (unpaired) electrons. The Morgan fingerprint density at radius 3 is 1.52 bits per heavy atom. The number of hydrogen-bond acceptors (Lipinski definition) is 13. The molecule has 6 aromatic heterocycles.